The zero-order valence-electron chi connectivity index (χ0n) is 9.75. The van der Waals surface area contributed by atoms with E-state index >= 15 is 0 Å². The molecule has 0 aliphatic heterocycles. The van der Waals surface area contributed by atoms with Crippen molar-refractivity contribution in [3.05, 3.63) is 18.2 Å². The molecule has 0 aliphatic rings. The van der Waals surface area contributed by atoms with Crippen molar-refractivity contribution in [1.29, 1.82) is 0 Å². The first-order valence-electron chi connectivity index (χ1n) is 5.15. The molecule has 0 aromatic carbocycles. The van der Waals surface area contributed by atoms with Crippen molar-refractivity contribution >= 4 is 11.9 Å². The average Bonchev–Trinajstić information content (AvgIpc) is 2.63. The highest BCUT2D eigenvalue weighted by atomic mass is 16.4. The van der Waals surface area contributed by atoms with Crippen molar-refractivity contribution in [3.8, 4) is 0 Å². The Kier molecular flexibility index (Phi) is 4.22. The van der Waals surface area contributed by atoms with Crippen LogP contribution in [-0.2, 0) is 23.1 Å². The fourth-order valence-corrected chi connectivity index (χ4v) is 1.27. The number of nitrogens with one attached hydrogen (secondary N) is 1. The van der Waals surface area contributed by atoms with Crippen molar-refractivity contribution in [2.75, 3.05) is 0 Å². The van der Waals surface area contributed by atoms with E-state index < -0.39 is 24.0 Å². The second-order valence-electron chi connectivity index (χ2n) is 3.91. The Morgan fingerprint density at radius 2 is 2.29 bits per heavy atom. The molecule has 0 aliphatic carbocycles. The highest BCUT2D eigenvalue weighted by Gasteiger charge is 2.20. The number of rotatable bonds is 5. The highest BCUT2D eigenvalue weighted by molar-refractivity contribution is 5.86. The molecule has 0 spiro atoms. The Balaban J connectivity index is 2.50. The van der Waals surface area contributed by atoms with Gasteiger partial charge in [0.05, 0.1) is 18.1 Å². The van der Waals surface area contributed by atoms with Crippen molar-refractivity contribution in [2.24, 2.45) is 12.8 Å². The van der Waals surface area contributed by atoms with Crippen molar-refractivity contribution in [1.82, 2.24) is 14.9 Å². The number of nitrogens with zero attached hydrogens (tertiary/aromatic N) is 2. The van der Waals surface area contributed by atoms with E-state index in [9.17, 15) is 9.59 Å². The molecule has 0 fully saturated rings. The average molecular weight is 240 g/mol. The zero-order chi connectivity index (χ0) is 13.0. The number of nitrogens with two attached hydrogens (primary N) is 1. The van der Waals surface area contributed by atoms with Crippen LogP contribution in [0.3, 0.4) is 0 Å². The first-order valence-corrected chi connectivity index (χ1v) is 5.15. The lowest BCUT2D eigenvalue weighted by Crippen LogP contribution is -2.48. The van der Waals surface area contributed by atoms with Crippen LogP contribution < -0.4 is 11.1 Å². The van der Waals surface area contributed by atoms with Crippen LogP contribution in [0.1, 0.15) is 12.6 Å². The molecule has 94 valence electrons. The Bertz CT molecular complexity index is 415. The van der Waals surface area contributed by atoms with Crippen LogP contribution in [-0.4, -0.2) is 38.6 Å². The highest BCUT2D eigenvalue weighted by Crippen LogP contribution is 1.99. The van der Waals surface area contributed by atoms with Gasteiger partial charge in [0.15, 0.2) is 0 Å². The molecular weight excluding hydrogens is 224 g/mol. The molecule has 0 unspecified atom stereocenters. The molecule has 1 heterocycles. The summed E-state index contributed by atoms with van der Waals surface area (Å²) in [7, 11) is 1.81. The lowest BCUT2D eigenvalue weighted by atomic mass is 10.1. The van der Waals surface area contributed by atoms with Crippen LogP contribution >= 0.6 is 0 Å². The Hall–Kier alpha value is -1.89. The number of carbonyl (C=O) groups is 2. The van der Waals surface area contributed by atoms with Gasteiger partial charge in [-0.25, -0.2) is 4.98 Å². The Labute approximate surface area is 98.6 Å². The lowest BCUT2D eigenvalue weighted by molar-refractivity contribution is -0.141. The number of carbonyl (C=O) groups excluding carboxylic acids is 1. The van der Waals surface area contributed by atoms with Gasteiger partial charge in [-0.3, -0.25) is 9.59 Å². The second kappa shape index (κ2) is 5.44. The first-order chi connectivity index (χ1) is 7.90. The molecule has 0 radical (unpaired) electrons. The summed E-state index contributed by atoms with van der Waals surface area (Å²) in [4.78, 5) is 26.1. The SMILES string of the molecule is C[C@H](NC(=O)[C@@H](N)Cc1cn(C)cn1)C(=O)O. The number of amides is 1. The second-order valence-corrected chi connectivity index (χ2v) is 3.91. The van der Waals surface area contributed by atoms with Crippen LogP contribution in [0.2, 0.25) is 0 Å². The van der Waals surface area contributed by atoms with E-state index in [0.29, 0.717) is 5.69 Å². The fraction of sp³-hybridized carbons (Fsp3) is 0.500. The summed E-state index contributed by atoms with van der Waals surface area (Å²) in [5.74, 6) is -1.59. The van der Waals surface area contributed by atoms with Gasteiger partial charge in [-0.15, -0.1) is 0 Å². The monoisotopic (exact) mass is 240 g/mol. The van der Waals surface area contributed by atoms with E-state index in [1.54, 1.807) is 17.1 Å². The molecule has 1 amide bonds. The minimum absolute atomic E-state index is 0.277. The van der Waals surface area contributed by atoms with Gasteiger partial charge < -0.3 is 20.7 Å². The van der Waals surface area contributed by atoms with Gasteiger partial charge in [0.2, 0.25) is 5.91 Å². The van der Waals surface area contributed by atoms with Crippen LogP contribution in [0.5, 0.6) is 0 Å². The molecule has 1 aromatic rings. The van der Waals surface area contributed by atoms with Gasteiger partial charge in [0.1, 0.15) is 6.04 Å². The molecule has 7 nitrogen and oxygen atoms in total. The zero-order valence-corrected chi connectivity index (χ0v) is 9.75. The fourth-order valence-electron chi connectivity index (χ4n) is 1.27. The standard InChI is InChI=1S/C10H16N4O3/c1-6(10(16)17)13-9(15)8(11)3-7-4-14(2)5-12-7/h4-6,8H,3,11H2,1-2H3,(H,13,15)(H,16,17)/t6-,8-/m0/s1. The van der Waals surface area contributed by atoms with Gasteiger partial charge >= 0.3 is 5.97 Å². The Morgan fingerprint density at radius 1 is 1.65 bits per heavy atom. The van der Waals surface area contributed by atoms with E-state index in [1.165, 1.54) is 6.92 Å². The van der Waals surface area contributed by atoms with E-state index in [4.69, 9.17) is 10.8 Å². The van der Waals surface area contributed by atoms with Crippen molar-refractivity contribution < 1.29 is 14.7 Å². The normalized spacial score (nSPS) is 14.1. The van der Waals surface area contributed by atoms with E-state index in [1.807, 2.05) is 7.05 Å². The molecule has 0 saturated heterocycles. The summed E-state index contributed by atoms with van der Waals surface area (Å²) >= 11 is 0. The number of hydrogen-bond donors (Lipinski definition) is 3. The number of imidazole rings is 1. The van der Waals surface area contributed by atoms with Crippen LogP contribution in [0.15, 0.2) is 12.5 Å². The van der Waals surface area contributed by atoms with Gasteiger partial charge in [-0.2, -0.15) is 0 Å². The third-order valence-electron chi connectivity index (χ3n) is 2.25. The third kappa shape index (κ3) is 3.87. The van der Waals surface area contributed by atoms with Gasteiger partial charge in [-0.1, -0.05) is 0 Å². The number of aromatic nitrogens is 2. The van der Waals surface area contributed by atoms with E-state index in [-0.39, 0.29) is 6.42 Å². The van der Waals surface area contributed by atoms with Gasteiger partial charge in [-0.05, 0) is 6.92 Å². The molecule has 2 atom stereocenters. The molecule has 17 heavy (non-hydrogen) atoms. The summed E-state index contributed by atoms with van der Waals surface area (Å²) in [6.45, 7) is 1.38. The molecule has 1 rings (SSSR count). The van der Waals surface area contributed by atoms with Crippen LogP contribution in [0.25, 0.3) is 0 Å². The third-order valence-corrected chi connectivity index (χ3v) is 2.25. The molecule has 1 aromatic heterocycles. The number of aliphatic carboxylic acids is 1. The molecule has 0 saturated carbocycles. The number of hydrogen-bond acceptors (Lipinski definition) is 4. The number of aryl methyl sites for hydroxylation is 1. The summed E-state index contributed by atoms with van der Waals surface area (Å²) in [6, 6.07) is -1.75. The predicted octanol–water partition coefficient (Wildman–Crippen LogP) is -1.12. The maximum Gasteiger partial charge on any atom is 0.325 e. The van der Waals surface area contributed by atoms with Crippen LogP contribution in [0, 0.1) is 0 Å². The summed E-state index contributed by atoms with van der Waals surface area (Å²) in [5.41, 5.74) is 6.35. The summed E-state index contributed by atoms with van der Waals surface area (Å²) < 4.78 is 1.75. The van der Waals surface area contributed by atoms with Gasteiger partial charge in [0, 0.05) is 19.7 Å². The summed E-state index contributed by atoms with van der Waals surface area (Å²) in [6.07, 6.45) is 3.65. The summed E-state index contributed by atoms with van der Waals surface area (Å²) in [5, 5.41) is 10.9. The molecule has 7 heteroatoms. The van der Waals surface area contributed by atoms with Crippen molar-refractivity contribution in [3.63, 3.8) is 0 Å². The first kappa shape index (κ1) is 13.2. The number of carboxylic acids is 1. The van der Waals surface area contributed by atoms with Gasteiger partial charge in [0.25, 0.3) is 0 Å². The smallest absolute Gasteiger partial charge is 0.325 e. The topological polar surface area (TPSA) is 110 Å². The minimum atomic E-state index is -1.09. The maximum atomic E-state index is 11.5. The Morgan fingerprint density at radius 3 is 2.76 bits per heavy atom. The largest absolute Gasteiger partial charge is 0.480 e. The van der Waals surface area contributed by atoms with E-state index in [2.05, 4.69) is 10.3 Å². The molecule has 0 bridgehead atoms. The maximum absolute atomic E-state index is 11.5. The van der Waals surface area contributed by atoms with Crippen molar-refractivity contribution in [2.45, 2.75) is 25.4 Å². The minimum Gasteiger partial charge on any atom is -0.480 e. The predicted molar refractivity (Wildman–Crippen MR) is 60.1 cm³/mol. The number of carboxylic acid groups (broad SMARTS) is 1. The van der Waals surface area contributed by atoms with E-state index in [0.717, 1.165) is 0 Å². The molecular formula is C10H16N4O3. The quantitative estimate of drug-likeness (QED) is 0.603. The van der Waals surface area contributed by atoms with Crippen LogP contribution in [0.4, 0.5) is 0 Å². The lowest BCUT2D eigenvalue weighted by Gasteiger charge is -2.13. The molecule has 4 N–H and O–H groups in total.